The van der Waals surface area contributed by atoms with Crippen LogP contribution in [0.1, 0.15) is 16.8 Å². The van der Waals surface area contributed by atoms with E-state index in [1.165, 1.54) is 18.3 Å². The second kappa shape index (κ2) is 11.8. The van der Waals surface area contributed by atoms with Crippen molar-refractivity contribution in [3.63, 3.8) is 0 Å². The predicted octanol–water partition coefficient (Wildman–Crippen LogP) is 6.15. The van der Waals surface area contributed by atoms with Crippen LogP contribution < -0.4 is 10.1 Å². The Morgan fingerprint density at radius 2 is 1.66 bits per heavy atom. The van der Waals surface area contributed by atoms with E-state index in [9.17, 15) is 40.2 Å². The Hall–Kier alpha value is -2.96. The summed E-state index contributed by atoms with van der Waals surface area (Å²) in [5.41, 5.74) is -0.966. The normalized spacial score (nSPS) is 14.8. The van der Waals surface area contributed by atoms with Crippen molar-refractivity contribution >= 4 is 11.6 Å². The molecule has 0 aliphatic carbocycles. The van der Waals surface area contributed by atoms with Gasteiger partial charge in [0.1, 0.15) is 11.6 Å². The largest absolute Gasteiger partial charge is 0.461 e. The maximum Gasteiger partial charge on any atom is 0.461 e. The number of hydrogen-bond donors (Lipinski definition) is 2. The molecule has 206 valence electrons. The molecule has 3 rings (SSSR count). The number of aromatic nitrogens is 1. The van der Waals surface area contributed by atoms with Crippen molar-refractivity contribution in [1.82, 2.24) is 10.3 Å². The van der Waals surface area contributed by atoms with Gasteiger partial charge < -0.3 is 15.2 Å². The van der Waals surface area contributed by atoms with Crippen molar-refractivity contribution in [2.45, 2.75) is 36.7 Å². The number of aliphatic hydroxyl groups excluding tert-OH is 1. The molecule has 0 unspecified atom stereocenters. The molecule has 2 aromatic carbocycles. The zero-order chi connectivity index (χ0) is 28.1. The van der Waals surface area contributed by atoms with E-state index in [-0.39, 0.29) is 22.7 Å². The second-order valence-electron chi connectivity index (χ2n) is 8.43. The van der Waals surface area contributed by atoms with Gasteiger partial charge in [0, 0.05) is 25.4 Å². The van der Waals surface area contributed by atoms with Gasteiger partial charge in [0.25, 0.3) is 0 Å². The van der Waals surface area contributed by atoms with Crippen molar-refractivity contribution in [2.75, 3.05) is 13.1 Å². The van der Waals surface area contributed by atoms with E-state index >= 15 is 0 Å². The van der Waals surface area contributed by atoms with Gasteiger partial charge in [-0.25, -0.2) is 4.39 Å². The molecule has 0 saturated heterocycles. The molecule has 1 aromatic heterocycles. The minimum absolute atomic E-state index is 0.0638. The van der Waals surface area contributed by atoms with Crippen molar-refractivity contribution in [3.05, 3.63) is 94.5 Å². The third-order valence-corrected chi connectivity index (χ3v) is 5.86. The molecule has 2 atom stereocenters. The minimum Gasteiger partial charge on any atom is -0.428 e. The Morgan fingerprint density at radius 3 is 2.24 bits per heavy atom. The number of halogens is 9. The molecular weight excluding hydrogens is 548 g/mol. The SMILES string of the molecule is O[C@H](CNC[C@@](Cc1ccccc1)(c1cc(F)cc(OC(F)(F)C(F)F)c1)c1ccc(Cl)cn1)C(F)(F)F. The number of hydrogen-bond acceptors (Lipinski definition) is 4. The van der Waals surface area contributed by atoms with Crippen LogP contribution in [0, 0.1) is 5.82 Å². The van der Waals surface area contributed by atoms with E-state index < -0.39 is 54.9 Å². The number of alkyl halides is 7. The van der Waals surface area contributed by atoms with Crippen molar-refractivity contribution in [2.24, 2.45) is 0 Å². The van der Waals surface area contributed by atoms with Crippen LogP contribution in [0.5, 0.6) is 5.75 Å². The summed E-state index contributed by atoms with van der Waals surface area (Å²) in [7, 11) is 0. The Morgan fingerprint density at radius 1 is 0.974 bits per heavy atom. The lowest BCUT2D eigenvalue weighted by Gasteiger charge is -2.35. The molecular formula is C25H21ClF8N2O2. The molecule has 0 spiro atoms. The summed E-state index contributed by atoms with van der Waals surface area (Å²) in [5, 5.41) is 12.2. The number of rotatable bonds is 11. The quantitative estimate of drug-likeness (QED) is 0.272. The van der Waals surface area contributed by atoms with E-state index in [0.29, 0.717) is 11.6 Å². The predicted molar refractivity (Wildman–Crippen MR) is 123 cm³/mol. The third kappa shape index (κ3) is 7.33. The molecule has 0 radical (unpaired) electrons. The van der Waals surface area contributed by atoms with Crippen LogP contribution in [-0.4, -0.2) is 48.0 Å². The lowest BCUT2D eigenvalue weighted by molar-refractivity contribution is -0.253. The Labute approximate surface area is 217 Å². The first-order valence-electron chi connectivity index (χ1n) is 11.0. The molecule has 0 aliphatic heterocycles. The minimum atomic E-state index is -4.94. The van der Waals surface area contributed by atoms with Crippen LogP contribution >= 0.6 is 11.6 Å². The fourth-order valence-corrected chi connectivity index (χ4v) is 3.95. The van der Waals surface area contributed by atoms with Crippen LogP contribution in [0.15, 0.2) is 66.9 Å². The van der Waals surface area contributed by atoms with Gasteiger partial charge in [-0.05, 0) is 41.8 Å². The summed E-state index contributed by atoms with van der Waals surface area (Å²) >= 11 is 5.95. The van der Waals surface area contributed by atoms with E-state index in [2.05, 4.69) is 15.0 Å². The first kappa shape index (κ1) is 29.6. The standard InChI is InChI=1S/C25H21ClF8N2O2/c26-17-6-7-20(36-12-17)23(11-15-4-2-1-3-5-15,14-35-13-21(37)24(30,31)32)16-8-18(27)10-19(9-16)38-25(33,34)22(28)29/h1-10,12,21-22,35,37H,11,13-14H2/t21-,23+/m1/s1. The first-order valence-corrected chi connectivity index (χ1v) is 11.4. The van der Waals surface area contributed by atoms with E-state index in [4.69, 9.17) is 11.6 Å². The number of aliphatic hydroxyl groups is 1. The molecule has 0 aliphatic rings. The molecule has 3 aromatic rings. The highest BCUT2D eigenvalue weighted by atomic mass is 35.5. The summed E-state index contributed by atoms with van der Waals surface area (Å²) in [4.78, 5) is 4.24. The Balaban J connectivity index is 2.17. The summed E-state index contributed by atoms with van der Waals surface area (Å²) in [6.45, 7) is -1.38. The van der Waals surface area contributed by atoms with Crippen molar-refractivity contribution in [1.29, 1.82) is 0 Å². The van der Waals surface area contributed by atoms with Crippen molar-refractivity contribution in [3.8, 4) is 5.75 Å². The second-order valence-corrected chi connectivity index (χ2v) is 8.87. The zero-order valence-corrected chi connectivity index (χ0v) is 20.1. The van der Waals surface area contributed by atoms with Gasteiger partial charge in [-0.1, -0.05) is 41.9 Å². The monoisotopic (exact) mass is 568 g/mol. The van der Waals surface area contributed by atoms with E-state index in [1.54, 1.807) is 30.3 Å². The zero-order valence-electron chi connectivity index (χ0n) is 19.3. The van der Waals surface area contributed by atoms with Gasteiger partial charge in [-0.15, -0.1) is 0 Å². The highest BCUT2D eigenvalue weighted by molar-refractivity contribution is 6.30. The molecule has 13 heteroatoms. The fourth-order valence-electron chi connectivity index (χ4n) is 3.84. The van der Waals surface area contributed by atoms with Crippen molar-refractivity contribution < 1.29 is 45.0 Å². The molecule has 0 bridgehead atoms. The highest BCUT2D eigenvalue weighted by Crippen LogP contribution is 2.38. The fraction of sp³-hybridized carbons (Fsp3) is 0.320. The molecule has 1 heterocycles. The molecule has 0 saturated carbocycles. The van der Waals surface area contributed by atoms with Gasteiger partial charge in [-0.3, -0.25) is 4.98 Å². The summed E-state index contributed by atoms with van der Waals surface area (Å²) in [6.07, 6.45) is -15.7. The summed E-state index contributed by atoms with van der Waals surface area (Å²) in [6, 6.07) is 13.5. The van der Waals surface area contributed by atoms with Crippen LogP contribution in [0.25, 0.3) is 0 Å². The average Bonchev–Trinajstić information content (AvgIpc) is 2.83. The number of pyridine rings is 1. The number of ether oxygens (including phenoxy) is 1. The third-order valence-electron chi connectivity index (χ3n) is 5.64. The lowest BCUT2D eigenvalue weighted by Crippen LogP contribution is -2.46. The molecule has 38 heavy (non-hydrogen) atoms. The summed E-state index contributed by atoms with van der Waals surface area (Å²) < 4.78 is 110. The summed E-state index contributed by atoms with van der Waals surface area (Å²) in [5.74, 6) is -2.07. The Kier molecular flexibility index (Phi) is 9.21. The van der Waals surface area contributed by atoms with E-state index in [0.717, 1.165) is 12.1 Å². The van der Waals surface area contributed by atoms with Crippen LogP contribution in [-0.2, 0) is 11.8 Å². The topological polar surface area (TPSA) is 54.4 Å². The number of nitrogens with zero attached hydrogens (tertiary/aromatic N) is 1. The smallest absolute Gasteiger partial charge is 0.428 e. The van der Waals surface area contributed by atoms with Crippen LogP contribution in [0.3, 0.4) is 0 Å². The number of benzene rings is 2. The van der Waals surface area contributed by atoms with Gasteiger partial charge >= 0.3 is 18.7 Å². The molecule has 2 N–H and O–H groups in total. The van der Waals surface area contributed by atoms with Crippen LogP contribution in [0.4, 0.5) is 35.1 Å². The number of nitrogens with one attached hydrogen (secondary N) is 1. The van der Waals surface area contributed by atoms with E-state index in [1.807, 2.05) is 0 Å². The van der Waals surface area contributed by atoms with Gasteiger partial charge in [0.15, 0.2) is 6.10 Å². The molecule has 0 fully saturated rings. The first-order chi connectivity index (χ1) is 17.7. The average molecular weight is 569 g/mol. The molecule has 0 amide bonds. The maximum absolute atomic E-state index is 14.7. The Bertz CT molecular complexity index is 1200. The van der Waals surface area contributed by atoms with Gasteiger partial charge in [-0.2, -0.15) is 30.7 Å². The van der Waals surface area contributed by atoms with Gasteiger partial charge in [0.05, 0.1) is 16.1 Å². The maximum atomic E-state index is 14.7. The van der Waals surface area contributed by atoms with Gasteiger partial charge in [0.2, 0.25) is 0 Å². The lowest BCUT2D eigenvalue weighted by atomic mass is 9.72. The highest BCUT2D eigenvalue weighted by Gasteiger charge is 2.45. The molecule has 4 nitrogen and oxygen atoms in total. The van der Waals surface area contributed by atoms with Crippen LogP contribution in [0.2, 0.25) is 5.02 Å².